The van der Waals surface area contributed by atoms with Gasteiger partial charge in [-0.05, 0) is 62.1 Å². The Hall–Kier alpha value is -3.25. The number of hydrogen-bond donors (Lipinski definition) is 1. The highest BCUT2D eigenvalue weighted by atomic mass is 16.5. The highest BCUT2D eigenvalue weighted by molar-refractivity contribution is 5.94. The predicted octanol–water partition coefficient (Wildman–Crippen LogP) is 3.53. The average molecular weight is 393 g/mol. The van der Waals surface area contributed by atoms with Crippen molar-refractivity contribution in [3.8, 4) is 17.2 Å². The number of benzene rings is 2. The van der Waals surface area contributed by atoms with E-state index in [4.69, 9.17) is 9.47 Å². The van der Waals surface area contributed by atoms with E-state index in [0.717, 1.165) is 11.3 Å². The van der Waals surface area contributed by atoms with Crippen LogP contribution in [0.3, 0.4) is 0 Å². The van der Waals surface area contributed by atoms with Gasteiger partial charge in [-0.25, -0.2) is 0 Å². The molecule has 1 amide bonds. The highest BCUT2D eigenvalue weighted by Gasteiger charge is 2.18. The first-order valence-corrected chi connectivity index (χ1v) is 9.43. The lowest BCUT2D eigenvalue weighted by atomic mass is 10.0. The SMILES string of the molecule is COc1ccc(C(CNC(=O)c2cccc(-n3cccc3)c2)N(C)C)cc1OC. The van der Waals surface area contributed by atoms with Crippen molar-refractivity contribution in [2.45, 2.75) is 6.04 Å². The van der Waals surface area contributed by atoms with Crippen LogP contribution in [0.25, 0.3) is 5.69 Å². The number of carbonyl (C=O) groups is 1. The third-order valence-corrected chi connectivity index (χ3v) is 4.88. The first-order valence-electron chi connectivity index (χ1n) is 9.43. The molecule has 6 heteroatoms. The Morgan fingerprint density at radius 2 is 1.72 bits per heavy atom. The van der Waals surface area contributed by atoms with Gasteiger partial charge in [0.05, 0.1) is 20.3 Å². The van der Waals surface area contributed by atoms with Crippen LogP contribution in [-0.2, 0) is 0 Å². The van der Waals surface area contributed by atoms with E-state index in [-0.39, 0.29) is 11.9 Å². The molecule has 0 fully saturated rings. The zero-order chi connectivity index (χ0) is 20.8. The number of amides is 1. The minimum Gasteiger partial charge on any atom is -0.493 e. The second-order valence-electron chi connectivity index (χ2n) is 6.94. The van der Waals surface area contributed by atoms with E-state index in [1.165, 1.54) is 0 Å². The molecule has 3 aromatic rings. The molecule has 1 N–H and O–H groups in total. The number of nitrogens with zero attached hydrogens (tertiary/aromatic N) is 2. The summed E-state index contributed by atoms with van der Waals surface area (Å²) in [6.45, 7) is 0.467. The van der Waals surface area contributed by atoms with Crippen LogP contribution in [-0.4, -0.2) is 50.2 Å². The molecule has 2 aromatic carbocycles. The molecule has 1 heterocycles. The second kappa shape index (κ2) is 9.30. The van der Waals surface area contributed by atoms with Gasteiger partial charge in [0.2, 0.25) is 0 Å². The van der Waals surface area contributed by atoms with E-state index in [2.05, 4.69) is 10.2 Å². The van der Waals surface area contributed by atoms with E-state index in [1.54, 1.807) is 14.2 Å². The molecular formula is C23H27N3O3. The molecule has 0 aliphatic heterocycles. The van der Waals surface area contributed by atoms with Crippen molar-refractivity contribution in [3.05, 3.63) is 78.1 Å². The van der Waals surface area contributed by atoms with Gasteiger partial charge in [0.15, 0.2) is 11.5 Å². The monoisotopic (exact) mass is 393 g/mol. The summed E-state index contributed by atoms with van der Waals surface area (Å²) in [6, 6.07) is 17.3. The lowest BCUT2D eigenvalue weighted by Crippen LogP contribution is -2.34. The number of nitrogens with one attached hydrogen (secondary N) is 1. The molecule has 0 aliphatic rings. The molecule has 1 unspecified atom stereocenters. The van der Waals surface area contributed by atoms with Gasteiger partial charge in [-0.3, -0.25) is 4.79 Å². The van der Waals surface area contributed by atoms with E-state index in [1.807, 2.05) is 85.7 Å². The van der Waals surface area contributed by atoms with Crippen LogP contribution in [0.2, 0.25) is 0 Å². The van der Waals surface area contributed by atoms with Crippen molar-refractivity contribution in [2.75, 3.05) is 34.9 Å². The Balaban J connectivity index is 1.74. The molecule has 0 spiro atoms. The van der Waals surface area contributed by atoms with Gasteiger partial charge in [0.1, 0.15) is 0 Å². The van der Waals surface area contributed by atoms with E-state index < -0.39 is 0 Å². The molecule has 0 saturated carbocycles. The van der Waals surface area contributed by atoms with Gasteiger partial charge in [-0.15, -0.1) is 0 Å². The molecule has 29 heavy (non-hydrogen) atoms. The second-order valence-corrected chi connectivity index (χ2v) is 6.94. The summed E-state index contributed by atoms with van der Waals surface area (Å²) < 4.78 is 12.7. The van der Waals surface area contributed by atoms with Crippen LogP contribution < -0.4 is 14.8 Å². The zero-order valence-electron chi connectivity index (χ0n) is 17.3. The number of likely N-dealkylation sites (N-methyl/N-ethyl adjacent to an activating group) is 1. The van der Waals surface area contributed by atoms with Crippen molar-refractivity contribution in [2.24, 2.45) is 0 Å². The molecule has 3 rings (SSSR count). The smallest absolute Gasteiger partial charge is 0.251 e. The molecule has 0 radical (unpaired) electrons. The van der Waals surface area contributed by atoms with E-state index >= 15 is 0 Å². The molecule has 0 bridgehead atoms. The van der Waals surface area contributed by atoms with Gasteiger partial charge in [0, 0.05) is 30.2 Å². The molecule has 0 aliphatic carbocycles. The Morgan fingerprint density at radius 1 is 1.00 bits per heavy atom. The highest BCUT2D eigenvalue weighted by Crippen LogP contribution is 2.31. The van der Waals surface area contributed by atoms with Gasteiger partial charge in [-0.1, -0.05) is 12.1 Å². The van der Waals surface area contributed by atoms with Crippen molar-refractivity contribution in [1.29, 1.82) is 0 Å². The Kier molecular flexibility index (Phi) is 6.57. The zero-order valence-corrected chi connectivity index (χ0v) is 17.3. The number of rotatable bonds is 8. The predicted molar refractivity (Wildman–Crippen MR) is 114 cm³/mol. The Bertz CT molecular complexity index is 952. The number of aromatic nitrogens is 1. The minimum absolute atomic E-state index is 0.00797. The quantitative estimate of drug-likeness (QED) is 0.636. The average Bonchev–Trinajstić information content (AvgIpc) is 3.28. The van der Waals surface area contributed by atoms with Crippen LogP contribution in [0.5, 0.6) is 11.5 Å². The number of ether oxygens (including phenoxy) is 2. The maximum absolute atomic E-state index is 12.8. The van der Waals surface area contributed by atoms with Gasteiger partial charge in [0.25, 0.3) is 5.91 Å². The van der Waals surface area contributed by atoms with E-state index in [0.29, 0.717) is 23.6 Å². The maximum Gasteiger partial charge on any atom is 0.251 e. The fraction of sp³-hybridized carbons (Fsp3) is 0.261. The van der Waals surface area contributed by atoms with Crippen molar-refractivity contribution >= 4 is 5.91 Å². The Morgan fingerprint density at radius 3 is 2.38 bits per heavy atom. The van der Waals surface area contributed by atoms with Crippen LogP contribution in [0.4, 0.5) is 0 Å². The van der Waals surface area contributed by atoms with Crippen LogP contribution in [0.15, 0.2) is 67.0 Å². The van der Waals surface area contributed by atoms with Crippen molar-refractivity contribution < 1.29 is 14.3 Å². The molecule has 6 nitrogen and oxygen atoms in total. The third-order valence-electron chi connectivity index (χ3n) is 4.88. The molecule has 152 valence electrons. The number of carbonyl (C=O) groups excluding carboxylic acids is 1. The largest absolute Gasteiger partial charge is 0.493 e. The summed E-state index contributed by atoms with van der Waals surface area (Å²) in [4.78, 5) is 14.8. The Labute approximate surface area is 171 Å². The first-order chi connectivity index (χ1) is 14.0. The molecule has 1 aromatic heterocycles. The summed E-state index contributed by atoms with van der Waals surface area (Å²) in [5, 5.41) is 3.06. The van der Waals surface area contributed by atoms with Gasteiger partial charge in [-0.2, -0.15) is 0 Å². The lowest BCUT2D eigenvalue weighted by Gasteiger charge is -2.26. The third kappa shape index (κ3) is 4.78. The lowest BCUT2D eigenvalue weighted by molar-refractivity contribution is 0.0942. The summed E-state index contributed by atoms with van der Waals surface area (Å²) >= 11 is 0. The normalized spacial score (nSPS) is 11.9. The maximum atomic E-state index is 12.8. The van der Waals surface area contributed by atoms with Gasteiger partial charge >= 0.3 is 0 Å². The van der Waals surface area contributed by atoms with Crippen LogP contribution in [0.1, 0.15) is 22.0 Å². The first kappa shape index (κ1) is 20.5. The summed E-state index contributed by atoms with van der Waals surface area (Å²) in [6.07, 6.45) is 3.91. The number of hydrogen-bond acceptors (Lipinski definition) is 4. The fourth-order valence-electron chi connectivity index (χ4n) is 3.26. The summed E-state index contributed by atoms with van der Waals surface area (Å²) in [7, 11) is 7.20. The summed E-state index contributed by atoms with van der Waals surface area (Å²) in [5.41, 5.74) is 2.61. The molecule has 1 atom stereocenters. The van der Waals surface area contributed by atoms with Crippen molar-refractivity contribution in [1.82, 2.24) is 14.8 Å². The number of methoxy groups -OCH3 is 2. The van der Waals surface area contributed by atoms with Gasteiger partial charge < -0.3 is 24.3 Å². The fourth-order valence-corrected chi connectivity index (χ4v) is 3.26. The molecule has 0 saturated heterocycles. The van der Waals surface area contributed by atoms with Crippen molar-refractivity contribution in [3.63, 3.8) is 0 Å². The topological polar surface area (TPSA) is 55.7 Å². The standard InChI is InChI=1S/C23H27N3O3/c1-25(2)20(17-10-11-21(28-3)22(15-17)29-4)16-24-23(27)18-8-7-9-19(14-18)26-12-5-6-13-26/h5-15,20H,16H2,1-4H3,(H,24,27). The van der Waals surface area contributed by atoms with E-state index in [9.17, 15) is 4.79 Å². The molecular weight excluding hydrogens is 366 g/mol. The minimum atomic E-state index is -0.105. The van der Waals surface area contributed by atoms with Crippen LogP contribution in [0, 0.1) is 0 Å². The summed E-state index contributed by atoms with van der Waals surface area (Å²) in [5.74, 6) is 1.24. The van der Waals surface area contributed by atoms with Crippen LogP contribution >= 0.6 is 0 Å².